The van der Waals surface area contributed by atoms with Crippen LogP contribution in [-0.2, 0) is 6.42 Å². The van der Waals surface area contributed by atoms with Crippen LogP contribution >= 0.6 is 11.3 Å². The van der Waals surface area contributed by atoms with E-state index in [1.54, 1.807) is 0 Å². The summed E-state index contributed by atoms with van der Waals surface area (Å²) in [6.07, 6.45) is 5.13. The molecule has 2 unspecified atom stereocenters. The van der Waals surface area contributed by atoms with Crippen molar-refractivity contribution in [2.75, 3.05) is 33.2 Å². The summed E-state index contributed by atoms with van der Waals surface area (Å²) in [4.78, 5) is 7.27. The molecule has 0 amide bonds. The van der Waals surface area contributed by atoms with Crippen molar-refractivity contribution in [1.29, 1.82) is 0 Å². The van der Waals surface area contributed by atoms with Gasteiger partial charge in [0.05, 0.1) is 10.7 Å². The first-order chi connectivity index (χ1) is 8.81. The Hall–Kier alpha value is -0.450. The molecule has 3 nitrogen and oxygen atoms in total. The second-order valence-corrected chi connectivity index (χ2v) is 6.75. The predicted molar refractivity (Wildman–Crippen MR) is 76.3 cm³/mol. The summed E-state index contributed by atoms with van der Waals surface area (Å²) >= 11 is 1.87. The summed E-state index contributed by atoms with van der Waals surface area (Å²) in [5, 5.41) is 7.09. The van der Waals surface area contributed by atoms with E-state index in [0.29, 0.717) is 5.92 Å². The van der Waals surface area contributed by atoms with Gasteiger partial charge in [0.15, 0.2) is 0 Å². The molecule has 2 saturated heterocycles. The van der Waals surface area contributed by atoms with Gasteiger partial charge in [0.2, 0.25) is 0 Å². The van der Waals surface area contributed by atoms with E-state index in [1.165, 1.54) is 62.6 Å². The number of likely N-dealkylation sites (tertiary alicyclic amines) is 1. The third-order valence-electron chi connectivity index (χ3n) is 4.31. The number of thiazole rings is 1. The molecule has 100 valence electrons. The Balaban J connectivity index is 1.52. The summed E-state index contributed by atoms with van der Waals surface area (Å²) in [5.74, 6) is 1.57. The minimum atomic E-state index is 0.688. The molecular formula is C14H23N3S. The first kappa shape index (κ1) is 12.6. The maximum Gasteiger partial charge on any atom is 0.0928 e. The lowest BCUT2D eigenvalue weighted by molar-refractivity contribution is 0.411. The molecule has 3 heterocycles. The zero-order chi connectivity index (χ0) is 12.4. The van der Waals surface area contributed by atoms with E-state index in [0.717, 1.165) is 5.92 Å². The molecule has 0 bridgehead atoms. The summed E-state index contributed by atoms with van der Waals surface area (Å²) in [7, 11) is 2.21. The second kappa shape index (κ2) is 5.68. The summed E-state index contributed by atoms with van der Waals surface area (Å²) in [5.41, 5.74) is 1.35. The molecule has 0 spiro atoms. The molecule has 0 aliphatic carbocycles. The van der Waals surface area contributed by atoms with Crippen LogP contribution in [0, 0.1) is 5.92 Å². The lowest BCUT2D eigenvalue weighted by atomic mass is 10.0. The van der Waals surface area contributed by atoms with Crippen molar-refractivity contribution in [2.45, 2.75) is 31.6 Å². The number of aromatic nitrogens is 1. The van der Waals surface area contributed by atoms with Crippen molar-refractivity contribution in [2.24, 2.45) is 5.92 Å². The Morgan fingerprint density at radius 2 is 2.44 bits per heavy atom. The van der Waals surface area contributed by atoms with Crippen LogP contribution in [-0.4, -0.2) is 43.1 Å². The molecule has 4 heteroatoms. The predicted octanol–water partition coefficient (Wildman–Crippen LogP) is 2.10. The van der Waals surface area contributed by atoms with Crippen LogP contribution in [0.5, 0.6) is 0 Å². The topological polar surface area (TPSA) is 28.2 Å². The van der Waals surface area contributed by atoms with Crippen LogP contribution in [0.25, 0.3) is 0 Å². The molecule has 0 saturated carbocycles. The lowest BCUT2D eigenvalue weighted by Crippen LogP contribution is -2.13. The number of hydrogen-bond acceptors (Lipinski definition) is 4. The number of rotatable bonds is 4. The molecule has 2 aliphatic heterocycles. The minimum absolute atomic E-state index is 0.688. The van der Waals surface area contributed by atoms with Gasteiger partial charge < -0.3 is 10.2 Å². The molecular weight excluding hydrogens is 242 g/mol. The second-order valence-electron chi connectivity index (χ2n) is 5.81. The Labute approximate surface area is 114 Å². The third-order valence-corrected chi connectivity index (χ3v) is 5.23. The zero-order valence-corrected chi connectivity index (χ0v) is 12.0. The van der Waals surface area contributed by atoms with Crippen LogP contribution in [0.2, 0.25) is 0 Å². The van der Waals surface area contributed by atoms with Crippen LogP contribution in [0.1, 0.15) is 35.9 Å². The Kier molecular flexibility index (Phi) is 3.97. The molecule has 3 rings (SSSR count). The van der Waals surface area contributed by atoms with Crippen molar-refractivity contribution >= 4 is 11.3 Å². The summed E-state index contributed by atoms with van der Waals surface area (Å²) in [6, 6.07) is 0. The van der Waals surface area contributed by atoms with Crippen molar-refractivity contribution < 1.29 is 0 Å². The van der Waals surface area contributed by atoms with Crippen LogP contribution in [0.4, 0.5) is 0 Å². The minimum Gasteiger partial charge on any atom is -0.316 e. The first-order valence-electron chi connectivity index (χ1n) is 7.15. The van der Waals surface area contributed by atoms with Crippen LogP contribution in [0.15, 0.2) is 5.38 Å². The van der Waals surface area contributed by atoms with Gasteiger partial charge >= 0.3 is 0 Å². The van der Waals surface area contributed by atoms with E-state index in [1.807, 2.05) is 11.3 Å². The maximum atomic E-state index is 4.86. The van der Waals surface area contributed by atoms with Gasteiger partial charge in [-0.15, -0.1) is 11.3 Å². The third kappa shape index (κ3) is 2.92. The Morgan fingerprint density at radius 1 is 1.50 bits per heavy atom. The molecule has 1 N–H and O–H groups in total. The quantitative estimate of drug-likeness (QED) is 0.904. The Bertz CT molecular complexity index is 384. The highest BCUT2D eigenvalue weighted by molar-refractivity contribution is 7.09. The van der Waals surface area contributed by atoms with E-state index in [-0.39, 0.29) is 0 Å². The SMILES string of the molecule is CN1CCC(c2csc(CCC3CCNC3)n2)C1. The largest absolute Gasteiger partial charge is 0.316 e. The van der Waals surface area contributed by atoms with Gasteiger partial charge in [-0.25, -0.2) is 4.98 Å². The normalized spacial score (nSPS) is 29.2. The standard InChI is InChI=1S/C14H23N3S/c1-17-7-5-12(9-17)13-10-18-14(16-13)3-2-11-4-6-15-8-11/h10-12,15H,2-9H2,1H3. The van der Waals surface area contributed by atoms with Gasteiger partial charge in [-0.1, -0.05) is 0 Å². The Morgan fingerprint density at radius 3 is 3.17 bits per heavy atom. The lowest BCUT2D eigenvalue weighted by Gasteiger charge is -2.07. The van der Waals surface area contributed by atoms with Gasteiger partial charge in [-0.05, 0) is 58.3 Å². The van der Waals surface area contributed by atoms with Crippen molar-refractivity contribution in [3.63, 3.8) is 0 Å². The van der Waals surface area contributed by atoms with Crippen molar-refractivity contribution in [3.8, 4) is 0 Å². The summed E-state index contributed by atoms with van der Waals surface area (Å²) < 4.78 is 0. The number of likely N-dealkylation sites (N-methyl/N-ethyl adjacent to an activating group) is 1. The number of nitrogens with zero attached hydrogens (tertiary/aromatic N) is 2. The van der Waals surface area contributed by atoms with E-state index >= 15 is 0 Å². The number of nitrogens with one attached hydrogen (secondary N) is 1. The molecule has 2 aliphatic rings. The van der Waals surface area contributed by atoms with E-state index in [4.69, 9.17) is 4.98 Å². The zero-order valence-electron chi connectivity index (χ0n) is 11.2. The van der Waals surface area contributed by atoms with E-state index in [2.05, 4.69) is 22.6 Å². The fraction of sp³-hybridized carbons (Fsp3) is 0.786. The molecule has 1 aromatic heterocycles. The average molecular weight is 265 g/mol. The molecule has 2 atom stereocenters. The molecule has 18 heavy (non-hydrogen) atoms. The number of hydrogen-bond donors (Lipinski definition) is 1. The smallest absolute Gasteiger partial charge is 0.0928 e. The maximum absolute atomic E-state index is 4.86. The van der Waals surface area contributed by atoms with Crippen molar-refractivity contribution in [1.82, 2.24) is 15.2 Å². The van der Waals surface area contributed by atoms with E-state index < -0.39 is 0 Å². The van der Waals surface area contributed by atoms with Gasteiger partial charge in [-0.2, -0.15) is 0 Å². The van der Waals surface area contributed by atoms with Gasteiger partial charge in [-0.3, -0.25) is 0 Å². The molecule has 0 aromatic carbocycles. The van der Waals surface area contributed by atoms with Gasteiger partial charge in [0, 0.05) is 17.8 Å². The first-order valence-corrected chi connectivity index (χ1v) is 8.03. The number of aryl methyl sites for hydroxylation is 1. The average Bonchev–Trinajstić information content (AvgIpc) is 3.07. The highest BCUT2D eigenvalue weighted by Crippen LogP contribution is 2.28. The molecule has 1 aromatic rings. The highest BCUT2D eigenvalue weighted by Gasteiger charge is 2.23. The monoisotopic (exact) mass is 265 g/mol. The summed E-state index contributed by atoms with van der Waals surface area (Å²) in [6.45, 7) is 4.84. The molecule has 2 fully saturated rings. The highest BCUT2D eigenvalue weighted by atomic mass is 32.1. The molecule has 0 radical (unpaired) electrons. The van der Waals surface area contributed by atoms with Crippen LogP contribution in [0.3, 0.4) is 0 Å². The van der Waals surface area contributed by atoms with Gasteiger partial charge in [0.1, 0.15) is 0 Å². The van der Waals surface area contributed by atoms with Gasteiger partial charge in [0.25, 0.3) is 0 Å². The van der Waals surface area contributed by atoms with E-state index in [9.17, 15) is 0 Å². The van der Waals surface area contributed by atoms with Crippen molar-refractivity contribution in [3.05, 3.63) is 16.1 Å². The fourth-order valence-electron chi connectivity index (χ4n) is 3.09. The fourth-order valence-corrected chi connectivity index (χ4v) is 3.99. The van der Waals surface area contributed by atoms with Crippen LogP contribution < -0.4 is 5.32 Å².